The van der Waals surface area contributed by atoms with Gasteiger partial charge in [-0.25, -0.2) is 0 Å². The van der Waals surface area contributed by atoms with Crippen LogP contribution in [0.15, 0.2) is 30.3 Å². The topological polar surface area (TPSA) is 52.6 Å². The van der Waals surface area contributed by atoms with Gasteiger partial charge in [0.2, 0.25) is 0 Å². The Bertz CT molecular complexity index is 434. The lowest BCUT2D eigenvalue weighted by Gasteiger charge is -2.10. The van der Waals surface area contributed by atoms with Crippen LogP contribution in [0.25, 0.3) is 6.08 Å². The molecule has 1 aromatic carbocycles. The van der Waals surface area contributed by atoms with Crippen LogP contribution in [0.3, 0.4) is 0 Å². The quantitative estimate of drug-likeness (QED) is 0.430. The smallest absolute Gasteiger partial charge is 0.308 e. The molecule has 0 bridgehead atoms. The number of carbonyl (C=O) groups is 2. The van der Waals surface area contributed by atoms with Crippen molar-refractivity contribution in [3.63, 3.8) is 0 Å². The van der Waals surface area contributed by atoms with Crippen molar-refractivity contribution in [2.24, 2.45) is 5.92 Å². The lowest BCUT2D eigenvalue weighted by molar-refractivity contribution is -0.145. The second kappa shape index (κ2) is 8.08. The number of carbonyl (C=O) groups excluding carboxylic acids is 2. The van der Waals surface area contributed by atoms with E-state index in [2.05, 4.69) is 4.74 Å². The predicted molar refractivity (Wildman–Crippen MR) is 72.8 cm³/mol. The van der Waals surface area contributed by atoms with Crippen LogP contribution in [-0.2, 0) is 14.3 Å². The van der Waals surface area contributed by atoms with Crippen LogP contribution in [0.1, 0.15) is 18.9 Å². The molecule has 0 saturated carbocycles. The summed E-state index contributed by atoms with van der Waals surface area (Å²) in [4.78, 5) is 21.4. The molecule has 0 aliphatic carbocycles. The molecule has 0 aliphatic rings. The van der Waals surface area contributed by atoms with Crippen molar-refractivity contribution < 1.29 is 19.1 Å². The molecule has 102 valence electrons. The second-order valence-electron chi connectivity index (χ2n) is 4.13. The van der Waals surface area contributed by atoms with Crippen LogP contribution in [-0.4, -0.2) is 26.0 Å². The monoisotopic (exact) mass is 262 g/mol. The van der Waals surface area contributed by atoms with Gasteiger partial charge in [0.1, 0.15) is 12.0 Å². The van der Waals surface area contributed by atoms with Gasteiger partial charge in [0.25, 0.3) is 0 Å². The Morgan fingerprint density at radius 1 is 1.32 bits per heavy atom. The normalized spacial score (nSPS) is 12.1. The van der Waals surface area contributed by atoms with Gasteiger partial charge in [0.05, 0.1) is 19.6 Å². The van der Waals surface area contributed by atoms with Gasteiger partial charge in [-0.2, -0.15) is 0 Å². The van der Waals surface area contributed by atoms with Gasteiger partial charge in [0.15, 0.2) is 0 Å². The zero-order chi connectivity index (χ0) is 14.1. The minimum absolute atomic E-state index is 0.167. The summed E-state index contributed by atoms with van der Waals surface area (Å²) < 4.78 is 10.2. The summed E-state index contributed by atoms with van der Waals surface area (Å²) in [5.74, 6) is 0.345. The fraction of sp³-hybridized carbons (Fsp3) is 0.333. The number of aldehydes is 1. The Morgan fingerprint density at radius 3 is 2.58 bits per heavy atom. The minimum Gasteiger partial charge on any atom is -0.494 e. The molecule has 19 heavy (non-hydrogen) atoms. The lowest BCUT2D eigenvalue weighted by atomic mass is 10.1. The highest BCUT2D eigenvalue weighted by Crippen LogP contribution is 2.14. The van der Waals surface area contributed by atoms with E-state index in [0.717, 1.165) is 17.6 Å². The maximum atomic E-state index is 11.2. The maximum absolute atomic E-state index is 11.2. The van der Waals surface area contributed by atoms with Gasteiger partial charge in [-0.05, 0) is 30.2 Å². The number of benzene rings is 1. The number of hydrogen-bond donors (Lipinski definition) is 0. The van der Waals surface area contributed by atoms with Crippen molar-refractivity contribution in [3.8, 4) is 5.75 Å². The molecule has 4 nitrogen and oxygen atoms in total. The maximum Gasteiger partial charge on any atom is 0.308 e. The Labute approximate surface area is 113 Å². The van der Waals surface area contributed by atoms with Crippen LogP contribution >= 0.6 is 0 Å². The summed E-state index contributed by atoms with van der Waals surface area (Å²) in [6.45, 7) is 2.27. The largest absolute Gasteiger partial charge is 0.494 e. The Kier molecular flexibility index (Phi) is 6.36. The van der Waals surface area contributed by atoms with E-state index in [-0.39, 0.29) is 11.9 Å². The van der Waals surface area contributed by atoms with Gasteiger partial charge in [0, 0.05) is 0 Å². The second-order valence-corrected chi connectivity index (χ2v) is 4.13. The summed E-state index contributed by atoms with van der Waals surface area (Å²) in [6.07, 6.45) is 4.50. The van der Waals surface area contributed by atoms with E-state index in [0.29, 0.717) is 13.0 Å². The Morgan fingerprint density at radius 2 is 2.00 bits per heavy atom. The van der Waals surface area contributed by atoms with Crippen molar-refractivity contribution in [2.45, 2.75) is 13.3 Å². The number of rotatable bonds is 7. The van der Waals surface area contributed by atoms with E-state index in [1.165, 1.54) is 13.2 Å². The average molecular weight is 262 g/mol. The average Bonchev–Trinajstić information content (AvgIpc) is 2.45. The third-order valence-electron chi connectivity index (χ3n) is 2.67. The zero-order valence-corrected chi connectivity index (χ0v) is 11.2. The SMILES string of the molecule is COC(=O)[C@@H](C)CCOc1ccc(/C=C/C=O)cc1. The van der Waals surface area contributed by atoms with Crippen LogP contribution in [0.2, 0.25) is 0 Å². The zero-order valence-electron chi connectivity index (χ0n) is 11.2. The third-order valence-corrected chi connectivity index (χ3v) is 2.67. The van der Waals surface area contributed by atoms with Crippen molar-refractivity contribution in [3.05, 3.63) is 35.9 Å². The number of esters is 1. The summed E-state index contributed by atoms with van der Waals surface area (Å²) >= 11 is 0. The fourth-order valence-electron chi connectivity index (χ4n) is 1.50. The van der Waals surface area contributed by atoms with Gasteiger partial charge in [-0.15, -0.1) is 0 Å². The third kappa shape index (κ3) is 5.38. The van der Waals surface area contributed by atoms with Crippen molar-refractivity contribution in [2.75, 3.05) is 13.7 Å². The molecule has 0 fully saturated rings. The van der Waals surface area contributed by atoms with E-state index in [4.69, 9.17) is 4.74 Å². The van der Waals surface area contributed by atoms with Gasteiger partial charge >= 0.3 is 5.97 Å². The summed E-state index contributed by atoms with van der Waals surface area (Å²) in [5, 5.41) is 0. The highest BCUT2D eigenvalue weighted by Gasteiger charge is 2.12. The molecule has 0 amide bonds. The molecule has 1 aromatic rings. The first kappa shape index (κ1) is 15.0. The molecule has 0 saturated heterocycles. The van der Waals surface area contributed by atoms with E-state index in [9.17, 15) is 9.59 Å². The first-order valence-electron chi connectivity index (χ1n) is 6.10. The molecular weight excluding hydrogens is 244 g/mol. The summed E-state index contributed by atoms with van der Waals surface area (Å²) in [5.41, 5.74) is 0.933. The molecule has 0 aliphatic heterocycles. The highest BCUT2D eigenvalue weighted by atomic mass is 16.5. The molecule has 4 heteroatoms. The Balaban J connectivity index is 2.39. The van der Waals surface area contributed by atoms with Gasteiger partial charge in [-0.1, -0.05) is 25.1 Å². The van der Waals surface area contributed by atoms with Crippen LogP contribution < -0.4 is 4.74 Å². The van der Waals surface area contributed by atoms with Crippen LogP contribution in [0, 0.1) is 5.92 Å². The number of allylic oxidation sites excluding steroid dienone is 1. The first-order valence-corrected chi connectivity index (χ1v) is 6.10. The van der Waals surface area contributed by atoms with Crippen molar-refractivity contribution >= 4 is 18.3 Å². The molecule has 0 heterocycles. The van der Waals surface area contributed by atoms with Crippen molar-refractivity contribution in [1.29, 1.82) is 0 Å². The number of hydrogen-bond acceptors (Lipinski definition) is 4. The molecule has 0 unspecified atom stereocenters. The van der Waals surface area contributed by atoms with Crippen LogP contribution in [0.5, 0.6) is 5.75 Å². The minimum atomic E-state index is -0.224. The number of ether oxygens (including phenoxy) is 2. The van der Waals surface area contributed by atoms with E-state index in [1.54, 1.807) is 6.08 Å². The van der Waals surface area contributed by atoms with E-state index < -0.39 is 0 Å². The highest BCUT2D eigenvalue weighted by molar-refractivity contribution is 5.73. The predicted octanol–water partition coefficient (Wildman–Crippen LogP) is 2.48. The molecule has 0 spiro atoms. The molecule has 1 atom stereocenters. The molecule has 0 N–H and O–H groups in total. The Hall–Kier alpha value is -2.10. The first-order chi connectivity index (χ1) is 9.17. The standard InChI is InChI=1S/C15H18O4/c1-12(15(17)18-2)9-11-19-14-7-5-13(6-8-14)4-3-10-16/h3-8,10,12H,9,11H2,1-2H3/b4-3+/t12-/m0/s1. The van der Waals surface area contributed by atoms with Gasteiger partial charge in [-0.3, -0.25) is 9.59 Å². The van der Waals surface area contributed by atoms with Gasteiger partial charge < -0.3 is 9.47 Å². The van der Waals surface area contributed by atoms with Crippen LogP contribution in [0.4, 0.5) is 0 Å². The molecule has 0 aromatic heterocycles. The fourth-order valence-corrected chi connectivity index (χ4v) is 1.50. The summed E-state index contributed by atoms with van der Waals surface area (Å²) in [7, 11) is 1.38. The summed E-state index contributed by atoms with van der Waals surface area (Å²) in [6, 6.07) is 7.37. The molecular formula is C15H18O4. The van der Waals surface area contributed by atoms with E-state index >= 15 is 0 Å². The van der Waals surface area contributed by atoms with E-state index in [1.807, 2.05) is 31.2 Å². The molecule has 0 radical (unpaired) electrons. The van der Waals surface area contributed by atoms with Crippen molar-refractivity contribution in [1.82, 2.24) is 0 Å². The number of methoxy groups -OCH3 is 1. The molecule has 1 rings (SSSR count). The lowest BCUT2D eigenvalue weighted by Crippen LogP contribution is -2.15.